The number of carbonyl (C=O) groups is 2. The number of halogens is 6. The lowest BCUT2D eigenvalue weighted by atomic mass is 9.89. The van der Waals surface area contributed by atoms with Gasteiger partial charge in [0.15, 0.2) is 0 Å². The number of alkyl carbamates (subject to hydrolysis) is 1. The summed E-state index contributed by atoms with van der Waals surface area (Å²) in [7, 11) is 0. The number of fused-ring (bicyclic) bond motifs is 2. The Labute approximate surface area is 212 Å². The summed E-state index contributed by atoms with van der Waals surface area (Å²) >= 11 is 1.68. The van der Waals surface area contributed by atoms with Crippen LogP contribution in [0.25, 0.3) is 0 Å². The van der Waals surface area contributed by atoms with E-state index in [1.807, 2.05) is 6.07 Å². The van der Waals surface area contributed by atoms with Gasteiger partial charge in [0.2, 0.25) is 0 Å². The maximum atomic E-state index is 13.1. The van der Waals surface area contributed by atoms with Gasteiger partial charge in [0, 0.05) is 24.0 Å². The minimum Gasteiger partial charge on any atom is -0.465 e. The number of anilines is 1. The molecular weight excluding hydrogens is 526 g/mol. The fraction of sp³-hybridized carbons (Fsp3) is 0.417. The van der Waals surface area contributed by atoms with Gasteiger partial charge in [-0.15, -0.1) is 0 Å². The molecule has 0 fully saturated rings. The minimum absolute atomic E-state index is 0.0361. The van der Waals surface area contributed by atoms with Gasteiger partial charge in [-0.25, -0.2) is 9.59 Å². The molecule has 37 heavy (non-hydrogen) atoms. The number of benzene rings is 2. The first-order valence-corrected chi connectivity index (χ1v) is 12.4. The fourth-order valence-corrected chi connectivity index (χ4v) is 5.65. The molecule has 2 amide bonds. The molecule has 0 aliphatic carbocycles. The Hall–Kier alpha value is -3.09. The number of hydrogen-bond donors (Lipinski definition) is 2. The Morgan fingerprint density at radius 1 is 1.03 bits per heavy atom. The van der Waals surface area contributed by atoms with Crippen molar-refractivity contribution in [2.45, 2.75) is 55.7 Å². The molecule has 4 rings (SSSR count). The number of hydrogen-bond acceptors (Lipinski definition) is 4. The average Bonchev–Trinajstić information content (AvgIpc) is 3.24. The van der Waals surface area contributed by atoms with E-state index in [0.29, 0.717) is 23.4 Å². The molecule has 0 saturated heterocycles. The van der Waals surface area contributed by atoms with Crippen molar-refractivity contribution in [3.05, 3.63) is 63.7 Å². The highest BCUT2D eigenvalue weighted by Crippen LogP contribution is 2.42. The molecule has 0 aromatic heterocycles. The molecule has 6 nitrogen and oxygen atoms in total. The van der Waals surface area contributed by atoms with Crippen LogP contribution in [0.2, 0.25) is 0 Å². The van der Waals surface area contributed by atoms with Gasteiger partial charge in [0.1, 0.15) is 0 Å². The Morgan fingerprint density at radius 2 is 1.62 bits per heavy atom. The third-order valence-electron chi connectivity index (χ3n) is 6.29. The Kier molecular flexibility index (Phi) is 7.28. The van der Waals surface area contributed by atoms with Crippen LogP contribution in [0.4, 0.5) is 41.6 Å². The van der Waals surface area contributed by atoms with Crippen LogP contribution in [0.3, 0.4) is 0 Å². The van der Waals surface area contributed by atoms with Crippen molar-refractivity contribution in [3.8, 4) is 0 Å². The number of amides is 2. The normalized spacial score (nSPS) is 19.3. The number of nitrogens with zero attached hydrogens (tertiary/aromatic N) is 1. The summed E-state index contributed by atoms with van der Waals surface area (Å²) in [6.45, 7) is 1.24. The number of ether oxygens (including phenoxy) is 1. The number of alkyl halides is 6. The third kappa shape index (κ3) is 5.91. The van der Waals surface area contributed by atoms with Crippen LogP contribution < -0.4 is 10.2 Å². The predicted octanol–water partition coefficient (Wildman–Crippen LogP) is 6.76. The number of rotatable bonds is 4. The quantitative estimate of drug-likeness (QED) is 0.413. The standard InChI is InChI=1S/C24H22F6N2O4S/c1-12-4-19(18-7-14-10-37-11-15(14)8-20(18)32(12)22(34)35)31-21(33)36-3-2-13-5-16(23(25,26)27)9-17(6-13)24(28,29)30/h5-9,12,19H,2-4,10-11H2,1H3,(H,31,33)(H,34,35)/t12-,19+/m1/s1. The maximum absolute atomic E-state index is 13.1. The van der Waals surface area contributed by atoms with Gasteiger partial charge in [0.05, 0.1) is 29.5 Å². The van der Waals surface area contributed by atoms with Crippen molar-refractivity contribution < 1.29 is 45.8 Å². The largest absolute Gasteiger partial charge is 0.465 e. The zero-order chi connectivity index (χ0) is 27.1. The van der Waals surface area contributed by atoms with E-state index in [1.54, 1.807) is 24.8 Å². The molecule has 2 aromatic carbocycles. The van der Waals surface area contributed by atoms with Crippen LogP contribution in [0.5, 0.6) is 0 Å². The molecule has 2 aliphatic rings. The van der Waals surface area contributed by atoms with Gasteiger partial charge >= 0.3 is 24.5 Å². The highest BCUT2D eigenvalue weighted by molar-refractivity contribution is 7.98. The maximum Gasteiger partial charge on any atom is 0.416 e. The van der Waals surface area contributed by atoms with E-state index >= 15 is 0 Å². The van der Waals surface area contributed by atoms with Gasteiger partial charge in [0.25, 0.3) is 0 Å². The topological polar surface area (TPSA) is 78.9 Å². The monoisotopic (exact) mass is 548 g/mol. The first-order valence-electron chi connectivity index (χ1n) is 11.2. The van der Waals surface area contributed by atoms with Crippen LogP contribution in [-0.4, -0.2) is 29.9 Å². The van der Waals surface area contributed by atoms with Gasteiger partial charge in [-0.1, -0.05) is 6.07 Å². The van der Waals surface area contributed by atoms with Crippen LogP contribution in [0, 0.1) is 0 Å². The van der Waals surface area contributed by atoms with Crippen LogP contribution in [-0.2, 0) is 35.0 Å². The fourth-order valence-electron chi connectivity index (χ4n) is 4.57. The van der Waals surface area contributed by atoms with Crippen molar-refractivity contribution in [1.29, 1.82) is 0 Å². The van der Waals surface area contributed by atoms with E-state index in [9.17, 15) is 41.0 Å². The molecule has 2 N–H and O–H groups in total. The van der Waals surface area contributed by atoms with E-state index in [2.05, 4.69) is 5.32 Å². The van der Waals surface area contributed by atoms with E-state index in [4.69, 9.17) is 4.74 Å². The highest BCUT2D eigenvalue weighted by Gasteiger charge is 2.38. The van der Waals surface area contributed by atoms with Crippen LogP contribution >= 0.6 is 11.8 Å². The van der Waals surface area contributed by atoms with Crippen molar-refractivity contribution >= 4 is 29.6 Å². The molecule has 0 spiro atoms. The summed E-state index contributed by atoms with van der Waals surface area (Å²) < 4.78 is 83.4. The van der Waals surface area contributed by atoms with Crippen molar-refractivity contribution in [3.63, 3.8) is 0 Å². The van der Waals surface area contributed by atoms with Crippen molar-refractivity contribution in [2.24, 2.45) is 0 Å². The van der Waals surface area contributed by atoms with Gasteiger partial charge < -0.3 is 15.2 Å². The number of thioether (sulfide) groups is 1. The number of carbonyl (C=O) groups excluding carboxylic acids is 1. The first-order chi connectivity index (χ1) is 17.2. The van der Waals surface area contributed by atoms with E-state index in [1.165, 1.54) is 4.90 Å². The summed E-state index contributed by atoms with van der Waals surface area (Å²) in [5.74, 6) is 1.50. The van der Waals surface area contributed by atoms with E-state index in [-0.39, 0.29) is 24.5 Å². The van der Waals surface area contributed by atoms with Gasteiger partial charge in [-0.3, -0.25) is 4.90 Å². The number of carboxylic acid groups (broad SMARTS) is 1. The van der Waals surface area contributed by atoms with E-state index < -0.39 is 54.4 Å². The molecule has 0 saturated carbocycles. The van der Waals surface area contributed by atoms with Crippen molar-refractivity contribution in [1.82, 2.24) is 5.32 Å². The van der Waals surface area contributed by atoms with Crippen LogP contribution in [0.1, 0.15) is 52.8 Å². The smallest absolute Gasteiger partial charge is 0.416 e. The predicted molar refractivity (Wildman–Crippen MR) is 123 cm³/mol. The van der Waals surface area contributed by atoms with Crippen LogP contribution in [0.15, 0.2) is 30.3 Å². The lowest BCUT2D eigenvalue weighted by Gasteiger charge is -2.38. The second kappa shape index (κ2) is 9.99. The van der Waals surface area contributed by atoms with E-state index in [0.717, 1.165) is 22.6 Å². The minimum atomic E-state index is -4.97. The molecule has 2 aliphatic heterocycles. The lowest BCUT2D eigenvalue weighted by Crippen LogP contribution is -2.46. The molecule has 2 heterocycles. The Balaban J connectivity index is 1.46. The molecule has 13 heteroatoms. The zero-order valence-electron chi connectivity index (χ0n) is 19.4. The molecule has 2 aromatic rings. The second-order valence-corrected chi connectivity index (χ2v) is 9.89. The third-order valence-corrected chi connectivity index (χ3v) is 7.32. The Bertz CT molecular complexity index is 1180. The van der Waals surface area contributed by atoms with Gasteiger partial charge in [-0.05, 0) is 59.9 Å². The molecule has 0 unspecified atom stereocenters. The SMILES string of the molecule is C[C@@H]1C[C@H](NC(=O)OCCc2cc(C(F)(F)F)cc(C(F)(F)F)c2)c2cc3c(cc2N1C(=O)O)CSC3. The molecular formula is C24H22F6N2O4S. The summed E-state index contributed by atoms with van der Waals surface area (Å²) in [6, 6.07) is 3.83. The molecule has 2 atom stereocenters. The first kappa shape index (κ1) is 27.0. The number of nitrogens with one attached hydrogen (secondary N) is 1. The molecule has 0 radical (unpaired) electrons. The summed E-state index contributed by atoms with van der Waals surface area (Å²) in [6.07, 6.45) is -12.1. The second-order valence-electron chi connectivity index (χ2n) is 8.91. The zero-order valence-corrected chi connectivity index (χ0v) is 20.2. The molecule has 200 valence electrons. The lowest BCUT2D eigenvalue weighted by molar-refractivity contribution is -0.143. The summed E-state index contributed by atoms with van der Waals surface area (Å²) in [4.78, 5) is 25.6. The van der Waals surface area contributed by atoms with Crippen molar-refractivity contribution in [2.75, 3.05) is 11.5 Å². The summed E-state index contributed by atoms with van der Waals surface area (Å²) in [5.41, 5.74) is -0.0466. The highest BCUT2D eigenvalue weighted by atomic mass is 32.2. The average molecular weight is 549 g/mol. The van der Waals surface area contributed by atoms with Gasteiger partial charge in [-0.2, -0.15) is 38.1 Å². The summed E-state index contributed by atoms with van der Waals surface area (Å²) in [5, 5.41) is 12.4. The Morgan fingerprint density at radius 3 is 2.19 bits per heavy atom. The molecule has 0 bridgehead atoms.